The van der Waals surface area contributed by atoms with Gasteiger partial charge in [0.05, 0.1) is 5.56 Å². The molecule has 152 valence electrons. The fourth-order valence-electron chi connectivity index (χ4n) is 2.84. The van der Waals surface area contributed by atoms with Crippen molar-refractivity contribution in [2.45, 2.75) is 20.0 Å². The van der Waals surface area contributed by atoms with Crippen LogP contribution in [-0.4, -0.2) is 23.8 Å². The highest BCUT2D eigenvalue weighted by molar-refractivity contribution is 6.31. The molecule has 1 atom stereocenters. The molecule has 0 heterocycles. The van der Waals surface area contributed by atoms with Crippen LogP contribution in [0, 0.1) is 0 Å². The number of halogens is 1. The SMILES string of the molecule is CC(=O)Oc1ccc(-c2ccc(C(=O)O[C@H](C)C(=O)c3cccc(Cl)c3)cc2)cc1. The first kappa shape index (κ1) is 21.3. The lowest BCUT2D eigenvalue weighted by atomic mass is 10.0. The Hall–Kier alpha value is -3.44. The predicted octanol–water partition coefficient (Wildman–Crippen LogP) is 5.36. The molecule has 0 saturated heterocycles. The summed E-state index contributed by atoms with van der Waals surface area (Å²) in [5.74, 6) is -0.830. The molecular weight excluding hydrogens is 404 g/mol. The third-order valence-electron chi connectivity index (χ3n) is 4.33. The van der Waals surface area contributed by atoms with Gasteiger partial charge in [0.15, 0.2) is 6.10 Å². The number of ether oxygens (including phenoxy) is 2. The van der Waals surface area contributed by atoms with Crippen LogP contribution in [0.3, 0.4) is 0 Å². The Balaban J connectivity index is 1.66. The van der Waals surface area contributed by atoms with Crippen molar-refractivity contribution in [1.82, 2.24) is 0 Å². The lowest BCUT2D eigenvalue weighted by Gasteiger charge is -2.13. The van der Waals surface area contributed by atoms with Gasteiger partial charge in [-0.25, -0.2) is 4.79 Å². The zero-order chi connectivity index (χ0) is 21.7. The zero-order valence-electron chi connectivity index (χ0n) is 16.4. The summed E-state index contributed by atoms with van der Waals surface area (Å²) < 4.78 is 10.3. The van der Waals surface area contributed by atoms with Crippen molar-refractivity contribution >= 4 is 29.3 Å². The van der Waals surface area contributed by atoms with Crippen LogP contribution < -0.4 is 4.74 Å². The molecule has 6 heteroatoms. The van der Waals surface area contributed by atoms with Gasteiger partial charge in [-0.15, -0.1) is 0 Å². The van der Waals surface area contributed by atoms with Crippen LogP contribution >= 0.6 is 11.6 Å². The highest BCUT2D eigenvalue weighted by atomic mass is 35.5. The monoisotopic (exact) mass is 422 g/mol. The fourth-order valence-corrected chi connectivity index (χ4v) is 3.03. The maximum absolute atomic E-state index is 12.4. The van der Waals surface area contributed by atoms with Gasteiger partial charge >= 0.3 is 11.9 Å². The van der Waals surface area contributed by atoms with Gasteiger partial charge in [-0.2, -0.15) is 0 Å². The fraction of sp³-hybridized carbons (Fsp3) is 0.125. The summed E-state index contributed by atoms with van der Waals surface area (Å²) in [6.45, 7) is 2.87. The minimum absolute atomic E-state index is 0.324. The van der Waals surface area contributed by atoms with E-state index in [1.807, 2.05) is 12.1 Å². The van der Waals surface area contributed by atoms with E-state index in [1.54, 1.807) is 54.6 Å². The first-order valence-corrected chi connectivity index (χ1v) is 9.61. The molecule has 0 aromatic heterocycles. The lowest BCUT2D eigenvalue weighted by Crippen LogP contribution is -2.24. The highest BCUT2D eigenvalue weighted by Gasteiger charge is 2.20. The molecule has 3 rings (SSSR count). The van der Waals surface area contributed by atoms with Gasteiger partial charge in [-0.05, 0) is 54.4 Å². The number of rotatable bonds is 6. The molecule has 0 aliphatic heterocycles. The zero-order valence-corrected chi connectivity index (χ0v) is 17.2. The predicted molar refractivity (Wildman–Crippen MR) is 114 cm³/mol. The average molecular weight is 423 g/mol. The summed E-state index contributed by atoms with van der Waals surface area (Å²) in [4.78, 5) is 35.8. The van der Waals surface area contributed by atoms with Crippen LogP contribution in [0.4, 0.5) is 0 Å². The smallest absolute Gasteiger partial charge is 0.338 e. The van der Waals surface area contributed by atoms with E-state index in [9.17, 15) is 14.4 Å². The van der Waals surface area contributed by atoms with Crippen molar-refractivity contribution in [3.8, 4) is 16.9 Å². The first-order valence-electron chi connectivity index (χ1n) is 9.23. The van der Waals surface area contributed by atoms with Crippen molar-refractivity contribution in [3.05, 3.63) is 88.9 Å². The van der Waals surface area contributed by atoms with Crippen LogP contribution in [0.15, 0.2) is 72.8 Å². The lowest BCUT2D eigenvalue weighted by molar-refractivity contribution is -0.131. The Bertz CT molecular complexity index is 1070. The van der Waals surface area contributed by atoms with Crippen molar-refractivity contribution < 1.29 is 23.9 Å². The maximum Gasteiger partial charge on any atom is 0.338 e. The van der Waals surface area contributed by atoms with Crippen LogP contribution in [0.2, 0.25) is 5.02 Å². The number of ketones is 1. The second-order valence-electron chi connectivity index (χ2n) is 6.62. The molecular formula is C24H19ClO5. The molecule has 0 fully saturated rings. The van der Waals surface area contributed by atoms with Gasteiger partial charge < -0.3 is 9.47 Å². The Morgan fingerprint density at radius 1 is 0.833 bits per heavy atom. The van der Waals surface area contributed by atoms with Crippen LogP contribution in [0.25, 0.3) is 11.1 Å². The molecule has 0 N–H and O–H groups in total. The quantitative estimate of drug-likeness (QED) is 0.304. The molecule has 3 aromatic rings. The third-order valence-corrected chi connectivity index (χ3v) is 4.57. The summed E-state index contributed by atoms with van der Waals surface area (Å²) in [6, 6.07) is 20.3. The number of hydrogen-bond donors (Lipinski definition) is 0. The molecule has 5 nitrogen and oxygen atoms in total. The minimum atomic E-state index is -0.940. The number of esters is 2. The minimum Gasteiger partial charge on any atom is -0.451 e. The molecule has 30 heavy (non-hydrogen) atoms. The summed E-state index contributed by atoms with van der Waals surface area (Å²) in [6.07, 6.45) is -0.940. The van der Waals surface area contributed by atoms with Crippen molar-refractivity contribution in [1.29, 1.82) is 0 Å². The third kappa shape index (κ3) is 5.33. The highest BCUT2D eigenvalue weighted by Crippen LogP contribution is 2.23. The van der Waals surface area contributed by atoms with Gasteiger partial charge in [0.1, 0.15) is 5.75 Å². The van der Waals surface area contributed by atoms with Gasteiger partial charge in [0.2, 0.25) is 5.78 Å². The van der Waals surface area contributed by atoms with Crippen LogP contribution in [-0.2, 0) is 9.53 Å². The van der Waals surface area contributed by atoms with E-state index in [0.29, 0.717) is 21.9 Å². The molecule has 0 aliphatic rings. The van der Waals surface area contributed by atoms with E-state index in [2.05, 4.69) is 0 Å². The molecule has 0 bridgehead atoms. The molecule has 0 saturated carbocycles. The Kier molecular flexibility index (Phi) is 6.65. The topological polar surface area (TPSA) is 69.7 Å². The number of hydrogen-bond acceptors (Lipinski definition) is 5. The molecule has 0 radical (unpaired) electrons. The maximum atomic E-state index is 12.4. The summed E-state index contributed by atoms with van der Waals surface area (Å²) in [7, 11) is 0. The van der Waals surface area contributed by atoms with E-state index in [1.165, 1.54) is 19.9 Å². The Labute approximate surface area is 179 Å². The normalized spacial score (nSPS) is 11.4. The Morgan fingerprint density at radius 2 is 1.43 bits per heavy atom. The van der Waals surface area contributed by atoms with Gasteiger partial charge in [0, 0.05) is 17.5 Å². The first-order chi connectivity index (χ1) is 14.3. The average Bonchev–Trinajstić information content (AvgIpc) is 2.73. The Morgan fingerprint density at radius 3 is 2.00 bits per heavy atom. The van der Waals surface area contributed by atoms with Crippen LogP contribution in [0.1, 0.15) is 34.6 Å². The second kappa shape index (κ2) is 9.37. The van der Waals surface area contributed by atoms with Gasteiger partial charge in [-0.1, -0.05) is 48.0 Å². The molecule has 0 amide bonds. The van der Waals surface area contributed by atoms with Gasteiger partial charge in [0.25, 0.3) is 0 Å². The molecule has 0 spiro atoms. The number of carbonyl (C=O) groups excluding carboxylic acids is 3. The van der Waals surface area contributed by atoms with Crippen molar-refractivity contribution in [2.24, 2.45) is 0 Å². The van der Waals surface area contributed by atoms with E-state index < -0.39 is 12.1 Å². The number of carbonyl (C=O) groups is 3. The summed E-state index contributed by atoms with van der Waals surface area (Å²) in [5.41, 5.74) is 2.50. The number of Topliss-reactive ketones (excluding diaryl/α,β-unsaturated/α-hetero) is 1. The largest absolute Gasteiger partial charge is 0.451 e. The molecule has 0 unspecified atom stereocenters. The standard InChI is InChI=1S/C24H19ClO5/c1-15(23(27)20-4-3-5-21(25)14-20)29-24(28)19-8-6-17(7-9-19)18-10-12-22(13-11-18)30-16(2)26/h3-15H,1-2H3/t15-/m1/s1. The number of benzene rings is 3. The van der Waals surface area contributed by atoms with E-state index in [-0.39, 0.29) is 11.8 Å². The molecule has 3 aromatic carbocycles. The molecule has 0 aliphatic carbocycles. The van der Waals surface area contributed by atoms with E-state index in [0.717, 1.165) is 11.1 Å². The summed E-state index contributed by atoms with van der Waals surface area (Å²) in [5, 5.41) is 0.441. The van der Waals surface area contributed by atoms with Crippen LogP contribution in [0.5, 0.6) is 5.75 Å². The summed E-state index contributed by atoms with van der Waals surface area (Å²) >= 11 is 5.91. The van der Waals surface area contributed by atoms with Gasteiger partial charge in [-0.3, -0.25) is 9.59 Å². The van der Waals surface area contributed by atoms with Crippen molar-refractivity contribution in [3.63, 3.8) is 0 Å². The second-order valence-corrected chi connectivity index (χ2v) is 7.05. The van der Waals surface area contributed by atoms with E-state index >= 15 is 0 Å². The van der Waals surface area contributed by atoms with E-state index in [4.69, 9.17) is 21.1 Å². The van der Waals surface area contributed by atoms with Crippen molar-refractivity contribution in [2.75, 3.05) is 0 Å².